The number of nitrogens with one attached hydrogen (secondary N) is 1. The number of morpholine rings is 1. The lowest BCUT2D eigenvalue weighted by Gasteiger charge is -2.29. The average Bonchev–Trinajstić information content (AvgIpc) is 2.77. The molecule has 0 aliphatic carbocycles. The van der Waals surface area contributed by atoms with Crippen molar-refractivity contribution in [1.29, 1.82) is 0 Å². The first kappa shape index (κ1) is 14.7. The monoisotopic (exact) mass is 328 g/mol. The van der Waals surface area contributed by atoms with Crippen molar-refractivity contribution in [3.63, 3.8) is 0 Å². The quantitative estimate of drug-likeness (QED) is 0.897. The van der Waals surface area contributed by atoms with Gasteiger partial charge in [0.25, 0.3) is 5.91 Å². The molecule has 1 aromatic heterocycles. The fourth-order valence-electron chi connectivity index (χ4n) is 2.75. The summed E-state index contributed by atoms with van der Waals surface area (Å²) < 4.78 is 16.4. The first-order chi connectivity index (χ1) is 11.8. The van der Waals surface area contributed by atoms with E-state index in [9.17, 15) is 4.79 Å². The molecular formula is C16H16N4O4. The van der Waals surface area contributed by atoms with Crippen LogP contribution in [0, 0.1) is 0 Å². The topological polar surface area (TPSA) is 85.8 Å². The summed E-state index contributed by atoms with van der Waals surface area (Å²) in [5.74, 6) is 1.68. The molecule has 24 heavy (non-hydrogen) atoms. The Morgan fingerprint density at radius 3 is 2.88 bits per heavy atom. The maximum Gasteiger partial charge on any atom is 0.259 e. The minimum absolute atomic E-state index is 0.268. The summed E-state index contributed by atoms with van der Waals surface area (Å²) in [6.07, 6.45) is 1.43. The highest BCUT2D eigenvalue weighted by Crippen LogP contribution is 2.39. The summed E-state index contributed by atoms with van der Waals surface area (Å²) in [6.45, 7) is 2.62. The van der Waals surface area contributed by atoms with Gasteiger partial charge in [-0.25, -0.2) is 4.98 Å². The molecule has 8 nitrogen and oxygen atoms in total. The van der Waals surface area contributed by atoms with Crippen molar-refractivity contribution < 1.29 is 19.0 Å². The number of hydrogen-bond acceptors (Lipinski definition) is 7. The highest BCUT2D eigenvalue weighted by Gasteiger charge is 2.27. The predicted octanol–water partition coefficient (Wildman–Crippen LogP) is 1.68. The third-order valence-corrected chi connectivity index (χ3v) is 3.98. The number of hydrogen-bond donors (Lipinski definition) is 1. The van der Waals surface area contributed by atoms with Gasteiger partial charge >= 0.3 is 0 Å². The van der Waals surface area contributed by atoms with E-state index in [0.29, 0.717) is 60.8 Å². The second-order valence-corrected chi connectivity index (χ2v) is 5.40. The van der Waals surface area contributed by atoms with Crippen LogP contribution in [0.3, 0.4) is 0 Å². The molecule has 1 amide bonds. The number of carbonyl (C=O) groups is 1. The first-order valence-electron chi connectivity index (χ1n) is 7.61. The molecule has 1 saturated heterocycles. The molecule has 4 rings (SSSR count). The Morgan fingerprint density at radius 1 is 1.25 bits per heavy atom. The van der Waals surface area contributed by atoms with Gasteiger partial charge in [0, 0.05) is 19.2 Å². The predicted molar refractivity (Wildman–Crippen MR) is 86.1 cm³/mol. The lowest BCUT2D eigenvalue weighted by molar-refractivity contribution is 0.102. The van der Waals surface area contributed by atoms with Gasteiger partial charge in [-0.3, -0.25) is 4.79 Å². The maximum absolute atomic E-state index is 12.6. The summed E-state index contributed by atoms with van der Waals surface area (Å²) in [6, 6.07) is 5.05. The highest BCUT2D eigenvalue weighted by molar-refractivity contribution is 6.09. The van der Waals surface area contributed by atoms with Crippen LogP contribution in [0.4, 0.5) is 11.5 Å². The molecule has 124 valence electrons. The Kier molecular flexibility index (Phi) is 3.66. The van der Waals surface area contributed by atoms with E-state index in [0.717, 1.165) is 0 Å². The molecule has 1 N–H and O–H groups in total. The molecule has 0 unspecified atom stereocenters. The second kappa shape index (κ2) is 5.97. The van der Waals surface area contributed by atoms with Gasteiger partial charge in [-0.2, -0.15) is 4.98 Å². The number of nitrogens with zero attached hydrogens (tertiary/aromatic N) is 3. The van der Waals surface area contributed by atoms with Gasteiger partial charge in [0.15, 0.2) is 5.82 Å². The number of anilines is 2. The zero-order valence-electron chi connectivity index (χ0n) is 13.1. The van der Waals surface area contributed by atoms with E-state index >= 15 is 0 Å². The van der Waals surface area contributed by atoms with Crippen LogP contribution >= 0.6 is 0 Å². The second-order valence-electron chi connectivity index (χ2n) is 5.40. The summed E-state index contributed by atoms with van der Waals surface area (Å²) in [5, 5.41) is 2.87. The van der Waals surface area contributed by atoms with Gasteiger partial charge in [-0.15, -0.1) is 0 Å². The van der Waals surface area contributed by atoms with Crippen LogP contribution in [-0.4, -0.2) is 49.3 Å². The van der Waals surface area contributed by atoms with Gasteiger partial charge in [0.2, 0.25) is 5.88 Å². The van der Waals surface area contributed by atoms with E-state index in [4.69, 9.17) is 14.2 Å². The first-order valence-corrected chi connectivity index (χ1v) is 7.61. The van der Waals surface area contributed by atoms with E-state index in [1.54, 1.807) is 25.3 Å². The van der Waals surface area contributed by atoms with Gasteiger partial charge in [-0.1, -0.05) is 0 Å². The normalized spacial score (nSPS) is 16.4. The van der Waals surface area contributed by atoms with Crippen molar-refractivity contribution in [3.8, 4) is 17.4 Å². The molecule has 8 heteroatoms. The smallest absolute Gasteiger partial charge is 0.259 e. The van der Waals surface area contributed by atoms with Crippen LogP contribution in [0.25, 0.3) is 0 Å². The van der Waals surface area contributed by atoms with Crippen molar-refractivity contribution in [2.45, 2.75) is 0 Å². The number of aromatic nitrogens is 2. The lowest BCUT2D eigenvalue weighted by atomic mass is 10.2. The number of fused-ring (bicyclic) bond motifs is 2. The summed E-state index contributed by atoms with van der Waals surface area (Å²) >= 11 is 0. The van der Waals surface area contributed by atoms with Crippen molar-refractivity contribution >= 4 is 17.4 Å². The minimum atomic E-state index is -0.268. The lowest BCUT2D eigenvalue weighted by Crippen LogP contribution is -2.37. The zero-order valence-corrected chi connectivity index (χ0v) is 13.1. The molecule has 0 spiro atoms. The van der Waals surface area contributed by atoms with Crippen molar-refractivity contribution in [2.24, 2.45) is 0 Å². The molecule has 1 fully saturated rings. The Morgan fingerprint density at radius 2 is 2.08 bits per heavy atom. The van der Waals surface area contributed by atoms with E-state index in [1.807, 2.05) is 4.90 Å². The van der Waals surface area contributed by atoms with E-state index in [-0.39, 0.29) is 5.91 Å². The molecule has 0 saturated carbocycles. The Bertz CT molecular complexity index is 790. The largest absolute Gasteiger partial charge is 0.497 e. The molecule has 2 aliphatic heterocycles. The summed E-state index contributed by atoms with van der Waals surface area (Å²) in [4.78, 5) is 23.1. The Labute approximate surface area is 138 Å². The molecule has 0 radical (unpaired) electrons. The van der Waals surface area contributed by atoms with Gasteiger partial charge < -0.3 is 24.4 Å². The van der Waals surface area contributed by atoms with Gasteiger partial charge in [0.05, 0.1) is 25.9 Å². The van der Waals surface area contributed by atoms with E-state index < -0.39 is 0 Å². The highest BCUT2D eigenvalue weighted by atomic mass is 16.5. The fourth-order valence-corrected chi connectivity index (χ4v) is 2.75. The number of carbonyl (C=O) groups excluding carboxylic acids is 1. The average molecular weight is 328 g/mol. The Balaban J connectivity index is 1.77. The molecule has 0 atom stereocenters. The molecule has 2 aromatic rings. The fraction of sp³-hybridized carbons (Fsp3) is 0.312. The number of rotatable bonds is 2. The van der Waals surface area contributed by atoms with Crippen LogP contribution in [0.15, 0.2) is 24.5 Å². The van der Waals surface area contributed by atoms with Crippen LogP contribution in [0.2, 0.25) is 0 Å². The van der Waals surface area contributed by atoms with E-state index in [1.165, 1.54) is 6.33 Å². The summed E-state index contributed by atoms with van der Waals surface area (Å²) in [7, 11) is 1.56. The number of methoxy groups -OCH3 is 1. The third kappa shape index (κ3) is 2.50. The SMILES string of the molecule is COc1ccc2c(c1)Oc1ncnc(N3CCOCC3)c1NC2=O. The van der Waals surface area contributed by atoms with Crippen molar-refractivity contribution in [1.82, 2.24) is 9.97 Å². The van der Waals surface area contributed by atoms with Crippen LogP contribution < -0.4 is 19.7 Å². The molecule has 2 aliphatic rings. The molecular weight excluding hydrogens is 312 g/mol. The Hall–Kier alpha value is -2.87. The van der Waals surface area contributed by atoms with Crippen molar-refractivity contribution in [2.75, 3.05) is 43.6 Å². The third-order valence-electron chi connectivity index (χ3n) is 3.98. The molecule has 0 bridgehead atoms. The number of ether oxygens (including phenoxy) is 3. The number of benzene rings is 1. The standard InChI is InChI=1S/C16H16N4O4/c1-22-10-2-3-11-12(8-10)24-16-13(19-15(11)21)14(17-9-18-16)20-4-6-23-7-5-20/h2-3,8-9H,4-7H2,1H3,(H,19,21). The van der Waals surface area contributed by atoms with Gasteiger partial charge in [0.1, 0.15) is 23.5 Å². The van der Waals surface area contributed by atoms with E-state index in [2.05, 4.69) is 15.3 Å². The minimum Gasteiger partial charge on any atom is -0.497 e. The summed E-state index contributed by atoms with van der Waals surface area (Å²) in [5.41, 5.74) is 0.890. The van der Waals surface area contributed by atoms with Crippen LogP contribution in [0.5, 0.6) is 17.4 Å². The van der Waals surface area contributed by atoms with Crippen LogP contribution in [0.1, 0.15) is 10.4 Å². The number of amides is 1. The zero-order chi connectivity index (χ0) is 16.5. The maximum atomic E-state index is 12.6. The van der Waals surface area contributed by atoms with Crippen LogP contribution in [-0.2, 0) is 4.74 Å². The van der Waals surface area contributed by atoms with Crippen molar-refractivity contribution in [3.05, 3.63) is 30.1 Å². The molecule has 1 aromatic carbocycles. The molecule has 3 heterocycles. The van der Waals surface area contributed by atoms with Gasteiger partial charge in [-0.05, 0) is 12.1 Å².